The third-order valence-electron chi connectivity index (χ3n) is 5.23. The largest absolute Gasteiger partial charge is 0.484 e. The Morgan fingerprint density at radius 3 is 2.18 bits per heavy atom. The summed E-state index contributed by atoms with van der Waals surface area (Å²) in [5, 5.41) is 2.69. The van der Waals surface area contributed by atoms with Crippen LogP contribution in [-0.2, 0) is 19.2 Å². The fourth-order valence-corrected chi connectivity index (χ4v) is 3.64. The van der Waals surface area contributed by atoms with E-state index in [1.807, 2.05) is 0 Å². The third-order valence-corrected chi connectivity index (χ3v) is 5.23. The summed E-state index contributed by atoms with van der Waals surface area (Å²) in [5.74, 6) is -1.03. The van der Waals surface area contributed by atoms with E-state index < -0.39 is 5.91 Å². The van der Waals surface area contributed by atoms with Crippen LogP contribution in [-0.4, -0.2) is 60.7 Å². The molecule has 3 rings (SSSR count). The highest BCUT2D eigenvalue weighted by molar-refractivity contribution is 6.08. The number of imide groups is 1. The van der Waals surface area contributed by atoms with E-state index in [1.165, 1.54) is 4.90 Å². The number of nitrogens with one attached hydrogen (secondary N) is 1. The van der Waals surface area contributed by atoms with Crippen LogP contribution in [0.1, 0.15) is 25.7 Å². The minimum atomic E-state index is -0.420. The minimum absolute atomic E-state index is 0.0692. The van der Waals surface area contributed by atoms with Gasteiger partial charge in [0.25, 0.3) is 5.91 Å². The topological polar surface area (TPSA) is 96.0 Å². The van der Waals surface area contributed by atoms with Gasteiger partial charge in [-0.05, 0) is 37.1 Å². The van der Waals surface area contributed by atoms with Crippen LogP contribution < -0.4 is 10.1 Å². The highest BCUT2D eigenvalue weighted by Crippen LogP contribution is 2.37. The predicted octanol–water partition coefficient (Wildman–Crippen LogP) is 1.27. The van der Waals surface area contributed by atoms with Crippen LogP contribution in [0.25, 0.3) is 0 Å². The first-order chi connectivity index (χ1) is 13.4. The molecule has 8 nitrogen and oxygen atoms in total. The van der Waals surface area contributed by atoms with Crippen molar-refractivity contribution in [2.45, 2.75) is 25.7 Å². The number of hydrogen-bond acceptors (Lipinski definition) is 5. The van der Waals surface area contributed by atoms with E-state index in [4.69, 9.17) is 4.74 Å². The van der Waals surface area contributed by atoms with Crippen molar-refractivity contribution in [3.8, 4) is 5.75 Å². The molecule has 8 heteroatoms. The number of ether oxygens (including phenoxy) is 1. The summed E-state index contributed by atoms with van der Waals surface area (Å²) >= 11 is 0. The van der Waals surface area contributed by atoms with E-state index in [9.17, 15) is 19.2 Å². The van der Waals surface area contributed by atoms with Gasteiger partial charge >= 0.3 is 0 Å². The van der Waals surface area contributed by atoms with Crippen LogP contribution in [0.3, 0.4) is 0 Å². The first-order valence-corrected chi connectivity index (χ1v) is 9.45. The third kappa shape index (κ3) is 4.32. The van der Waals surface area contributed by atoms with Crippen molar-refractivity contribution in [3.05, 3.63) is 24.3 Å². The van der Waals surface area contributed by atoms with Gasteiger partial charge in [-0.2, -0.15) is 0 Å². The Labute approximate surface area is 163 Å². The average molecular weight is 387 g/mol. The Bertz CT molecular complexity index is 751. The maximum Gasteiger partial charge on any atom is 0.259 e. The number of likely N-dealkylation sites (tertiary alicyclic amines) is 1. The molecule has 1 heterocycles. The monoisotopic (exact) mass is 387 g/mol. The normalized spacial score (nSPS) is 21.3. The lowest BCUT2D eigenvalue weighted by Gasteiger charge is -2.19. The molecule has 0 radical (unpaired) electrons. The van der Waals surface area contributed by atoms with Crippen LogP contribution in [0.5, 0.6) is 5.75 Å². The summed E-state index contributed by atoms with van der Waals surface area (Å²) in [4.78, 5) is 51.2. The zero-order valence-electron chi connectivity index (χ0n) is 16.1. The molecular formula is C20H25N3O5. The lowest BCUT2D eigenvalue weighted by molar-refractivity contribution is -0.142. The molecule has 1 saturated heterocycles. The average Bonchev–Trinajstić information content (AvgIpc) is 2.92. The van der Waals surface area contributed by atoms with Gasteiger partial charge in [0.1, 0.15) is 12.3 Å². The zero-order valence-corrected chi connectivity index (χ0v) is 16.1. The van der Waals surface area contributed by atoms with E-state index in [-0.39, 0.29) is 42.7 Å². The summed E-state index contributed by atoms with van der Waals surface area (Å²) in [6, 6.07) is 6.56. The lowest BCUT2D eigenvalue weighted by atomic mass is 9.81. The summed E-state index contributed by atoms with van der Waals surface area (Å²) in [6.07, 6.45) is 3.36. The molecule has 0 spiro atoms. The number of rotatable bonds is 6. The van der Waals surface area contributed by atoms with Crippen molar-refractivity contribution in [2.24, 2.45) is 11.8 Å². The summed E-state index contributed by atoms with van der Waals surface area (Å²) in [5.41, 5.74) is 0.521. The van der Waals surface area contributed by atoms with Gasteiger partial charge < -0.3 is 15.0 Å². The Hall–Kier alpha value is -2.90. The van der Waals surface area contributed by atoms with Crippen molar-refractivity contribution < 1.29 is 23.9 Å². The molecule has 150 valence electrons. The maximum absolute atomic E-state index is 12.4. The molecule has 4 amide bonds. The fraction of sp³-hybridized carbons (Fsp3) is 0.500. The quantitative estimate of drug-likeness (QED) is 0.742. The smallest absolute Gasteiger partial charge is 0.259 e. The number of hydrogen-bond donors (Lipinski definition) is 1. The van der Waals surface area contributed by atoms with Crippen LogP contribution in [0.2, 0.25) is 0 Å². The van der Waals surface area contributed by atoms with Crippen molar-refractivity contribution in [1.82, 2.24) is 9.80 Å². The molecule has 1 saturated carbocycles. The first kappa shape index (κ1) is 19.9. The van der Waals surface area contributed by atoms with Gasteiger partial charge in [0.15, 0.2) is 6.61 Å². The number of likely N-dealkylation sites (N-methyl/N-ethyl adjacent to an activating group) is 1. The zero-order chi connectivity index (χ0) is 20.3. The van der Waals surface area contributed by atoms with Gasteiger partial charge in [0.05, 0.1) is 11.8 Å². The predicted molar refractivity (Wildman–Crippen MR) is 101 cm³/mol. The summed E-state index contributed by atoms with van der Waals surface area (Å²) in [7, 11) is 3.30. The summed E-state index contributed by atoms with van der Waals surface area (Å²) in [6.45, 7) is -0.333. The molecule has 2 aliphatic rings. The standard InChI is InChI=1S/C20H25N3O5/c1-22(2)18(25)12-28-14-9-7-13(8-10-14)21-17(24)11-23-19(26)15-5-3-4-6-16(15)20(23)27/h7-10,15-16H,3-6,11-12H2,1-2H3,(H,21,24)/t15-,16-/m0/s1. The van der Waals surface area contributed by atoms with Crippen LogP contribution in [0.4, 0.5) is 5.69 Å². The lowest BCUT2D eigenvalue weighted by Crippen LogP contribution is -2.38. The Kier molecular flexibility index (Phi) is 5.96. The molecule has 1 aliphatic heterocycles. The molecule has 0 aromatic heterocycles. The Balaban J connectivity index is 1.53. The molecule has 1 aromatic carbocycles. The van der Waals surface area contributed by atoms with Gasteiger partial charge in [-0.3, -0.25) is 24.1 Å². The van der Waals surface area contributed by atoms with Crippen LogP contribution in [0.15, 0.2) is 24.3 Å². The number of fused-ring (bicyclic) bond motifs is 1. The number of nitrogens with zero attached hydrogens (tertiary/aromatic N) is 2. The molecule has 0 unspecified atom stereocenters. The molecule has 2 atom stereocenters. The van der Waals surface area contributed by atoms with Crippen LogP contribution >= 0.6 is 0 Å². The van der Waals surface area contributed by atoms with E-state index >= 15 is 0 Å². The summed E-state index contributed by atoms with van der Waals surface area (Å²) < 4.78 is 5.38. The van der Waals surface area contributed by atoms with Gasteiger partial charge in [-0.15, -0.1) is 0 Å². The van der Waals surface area contributed by atoms with Gasteiger partial charge in [0.2, 0.25) is 17.7 Å². The number of carbonyl (C=O) groups excluding carboxylic acids is 4. The van der Waals surface area contributed by atoms with E-state index in [2.05, 4.69) is 5.32 Å². The van der Waals surface area contributed by atoms with E-state index in [1.54, 1.807) is 38.4 Å². The molecule has 1 N–H and O–H groups in total. The van der Waals surface area contributed by atoms with Gasteiger partial charge in [0, 0.05) is 19.8 Å². The number of benzene rings is 1. The highest BCUT2D eigenvalue weighted by Gasteiger charge is 2.48. The second kappa shape index (κ2) is 8.41. The minimum Gasteiger partial charge on any atom is -0.484 e. The molecule has 1 aromatic rings. The fourth-order valence-electron chi connectivity index (χ4n) is 3.64. The Morgan fingerprint density at radius 2 is 1.64 bits per heavy atom. The number of anilines is 1. The van der Waals surface area contributed by atoms with E-state index in [0.717, 1.165) is 30.6 Å². The SMILES string of the molecule is CN(C)C(=O)COc1ccc(NC(=O)CN2C(=O)[C@H]3CCCC[C@@H]3C2=O)cc1. The highest BCUT2D eigenvalue weighted by atomic mass is 16.5. The second-order valence-electron chi connectivity index (χ2n) is 7.41. The van der Waals surface area contributed by atoms with E-state index in [0.29, 0.717) is 11.4 Å². The first-order valence-electron chi connectivity index (χ1n) is 9.45. The van der Waals surface area contributed by atoms with Crippen molar-refractivity contribution >= 4 is 29.3 Å². The number of amides is 4. The molecule has 0 bridgehead atoms. The second-order valence-corrected chi connectivity index (χ2v) is 7.41. The van der Waals surface area contributed by atoms with Crippen molar-refractivity contribution in [1.29, 1.82) is 0 Å². The van der Waals surface area contributed by atoms with Crippen molar-refractivity contribution in [2.75, 3.05) is 32.6 Å². The molecule has 28 heavy (non-hydrogen) atoms. The Morgan fingerprint density at radius 1 is 1.07 bits per heavy atom. The molecule has 1 aliphatic carbocycles. The molecular weight excluding hydrogens is 362 g/mol. The van der Waals surface area contributed by atoms with Gasteiger partial charge in [-0.1, -0.05) is 12.8 Å². The van der Waals surface area contributed by atoms with Crippen LogP contribution in [0, 0.1) is 11.8 Å². The van der Waals surface area contributed by atoms with Gasteiger partial charge in [-0.25, -0.2) is 0 Å². The maximum atomic E-state index is 12.4. The van der Waals surface area contributed by atoms with Crippen molar-refractivity contribution in [3.63, 3.8) is 0 Å². The molecule has 2 fully saturated rings. The number of carbonyl (C=O) groups is 4.